The SMILES string of the molecule is Cc1n[nH]c(C)c1C(=O)NC1CC1c1ccccc1. The van der Waals surface area contributed by atoms with Gasteiger partial charge in [0.1, 0.15) is 0 Å². The monoisotopic (exact) mass is 255 g/mol. The second-order valence-electron chi connectivity index (χ2n) is 5.14. The van der Waals surface area contributed by atoms with Gasteiger partial charge >= 0.3 is 0 Å². The molecule has 0 aliphatic heterocycles. The van der Waals surface area contributed by atoms with Gasteiger partial charge in [-0.05, 0) is 25.8 Å². The smallest absolute Gasteiger partial charge is 0.255 e. The van der Waals surface area contributed by atoms with Crippen LogP contribution in [0.25, 0.3) is 0 Å². The minimum atomic E-state index is -0.0211. The van der Waals surface area contributed by atoms with Crippen molar-refractivity contribution in [2.75, 3.05) is 0 Å². The maximum Gasteiger partial charge on any atom is 0.255 e. The van der Waals surface area contributed by atoms with E-state index in [2.05, 4.69) is 27.6 Å². The van der Waals surface area contributed by atoms with Crippen LogP contribution in [0.15, 0.2) is 30.3 Å². The van der Waals surface area contributed by atoms with Crippen LogP contribution in [-0.4, -0.2) is 22.1 Å². The van der Waals surface area contributed by atoms with Crippen LogP contribution < -0.4 is 5.32 Å². The van der Waals surface area contributed by atoms with E-state index in [1.165, 1.54) is 5.56 Å². The first-order valence-electron chi connectivity index (χ1n) is 6.54. The van der Waals surface area contributed by atoms with Gasteiger partial charge < -0.3 is 5.32 Å². The van der Waals surface area contributed by atoms with E-state index in [1.807, 2.05) is 32.0 Å². The first-order valence-corrected chi connectivity index (χ1v) is 6.54. The van der Waals surface area contributed by atoms with Gasteiger partial charge in [0.2, 0.25) is 0 Å². The summed E-state index contributed by atoms with van der Waals surface area (Å²) in [6.45, 7) is 3.72. The summed E-state index contributed by atoms with van der Waals surface area (Å²) >= 11 is 0. The van der Waals surface area contributed by atoms with E-state index in [1.54, 1.807) is 0 Å². The molecule has 0 saturated heterocycles. The second-order valence-corrected chi connectivity index (χ2v) is 5.14. The van der Waals surface area contributed by atoms with Crippen molar-refractivity contribution in [1.82, 2.24) is 15.5 Å². The quantitative estimate of drug-likeness (QED) is 0.884. The van der Waals surface area contributed by atoms with Crippen LogP contribution >= 0.6 is 0 Å². The Hall–Kier alpha value is -2.10. The highest BCUT2D eigenvalue weighted by atomic mass is 16.1. The summed E-state index contributed by atoms with van der Waals surface area (Å²) in [4.78, 5) is 12.2. The Morgan fingerprint density at radius 2 is 2.05 bits per heavy atom. The Kier molecular flexibility index (Phi) is 2.85. The molecule has 0 bridgehead atoms. The molecule has 0 radical (unpaired) electrons. The van der Waals surface area contributed by atoms with Gasteiger partial charge in [-0.1, -0.05) is 30.3 Å². The molecule has 1 aromatic carbocycles. The van der Waals surface area contributed by atoms with E-state index in [-0.39, 0.29) is 11.9 Å². The molecule has 1 aromatic heterocycles. The van der Waals surface area contributed by atoms with Crippen molar-refractivity contribution in [2.24, 2.45) is 0 Å². The standard InChI is InChI=1S/C15H17N3O/c1-9-14(10(2)18-17-9)15(19)16-13-8-12(13)11-6-4-3-5-7-11/h3-7,12-13H,8H2,1-2H3,(H,16,19)(H,17,18). The largest absolute Gasteiger partial charge is 0.349 e. The van der Waals surface area contributed by atoms with Crippen LogP contribution in [0, 0.1) is 13.8 Å². The van der Waals surface area contributed by atoms with E-state index < -0.39 is 0 Å². The fraction of sp³-hybridized carbons (Fsp3) is 0.333. The summed E-state index contributed by atoms with van der Waals surface area (Å²) in [6, 6.07) is 10.6. The number of carbonyl (C=O) groups excluding carboxylic acids is 1. The fourth-order valence-electron chi connectivity index (χ4n) is 2.55. The summed E-state index contributed by atoms with van der Waals surface area (Å²) in [5, 5.41) is 9.99. The van der Waals surface area contributed by atoms with Crippen molar-refractivity contribution in [1.29, 1.82) is 0 Å². The van der Waals surface area contributed by atoms with Crippen molar-refractivity contribution in [3.05, 3.63) is 52.8 Å². The molecule has 1 aliphatic rings. The lowest BCUT2D eigenvalue weighted by Crippen LogP contribution is -2.27. The number of nitrogens with one attached hydrogen (secondary N) is 2. The van der Waals surface area contributed by atoms with Crippen molar-refractivity contribution >= 4 is 5.91 Å². The van der Waals surface area contributed by atoms with Gasteiger partial charge in [-0.25, -0.2) is 0 Å². The number of carbonyl (C=O) groups is 1. The summed E-state index contributed by atoms with van der Waals surface area (Å²) in [7, 11) is 0. The lowest BCUT2D eigenvalue weighted by atomic mass is 10.1. The molecule has 1 fully saturated rings. The van der Waals surface area contributed by atoms with Gasteiger partial charge in [0.05, 0.1) is 11.3 Å². The zero-order chi connectivity index (χ0) is 13.4. The zero-order valence-corrected chi connectivity index (χ0v) is 11.1. The summed E-state index contributed by atoms with van der Waals surface area (Å²) in [5.41, 5.74) is 3.56. The number of aryl methyl sites for hydroxylation is 2. The third kappa shape index (κ3) is 2.26. The van der Waals surface area contributed by atoms with Gasteiger partial charge in [0.25, 0.3) is 5.91 Å². The second kappa shape index (κ2) is 4.53. The lowest BCUT2D eigenvalue weighted by Gasteiger charge is -2.05. The Morgan fingerprint density at radius 1 is 1.32 bits per heavy atom. The number of nitrogens with zero attached hydrogens (tertiary/aromatic N) is 1. The molecule has 98 valence electrons. The van der Waals surface area contributed by atoms with Crippen LogP contribution in [0.2, 0.25) is 0 Å². The topological polar surface area (TPSA) is 57.8 Å². The van der Waals surface area contributed by atoms with Gasteiger partial charge in [0.15, 0.2) is 0 Å². The fourth-order valence-corrected chi connectivity index (χ4v) is 2.55. The molecule has 2 unspecified atom stereocenters. The van der Waals surface area contributed by atoms with Gasteiger partial charge in [0, 0.05) is 17.7 Å². The highest BCUT2D eigenvalue weighted by molar-refractivity contribution is 5.96. The van der Waals surface area contributed by atoms with Crippen LogP contribution in [0.5, 0.6) is 0 Å². The van der Waals surface area contributed by atoms with Crippen LogP contribution in [0.1, 0.15) is 39.6 Å². The lowest BCUT2D eigenvalue weighted by molar-refractivity contribution is 0.0949. The first-order chi connectivity index (χ1) is 9.16. The summed E-state index contributed by atoms with van der Waals surface area (Å²) in [5.74, 6) is 0.435. The average Bonchev–Trinajstić information content (AvgIpc) is 3.08. The Morgan fingerprint density at radius 3 is 2.68 bits per heavy atom. The number of benzene rings is 1. The Bertz CT molecular complexity index is 584. The number of aromatic amines is 1. The van der Waals surface area contributed by atoms with Crippen molar-refractivity contribution < 1.29 is 4.79 Å². The van der Waals surface area contributed by atoms with E-state index in [9.17, 15) is 4.79 Å². The number of amides is 1. The minimum Gasteiger partial charge on any atom is -0.349 e. The van der Waals surface area contributed by atoms with Crippen LogP contribution in [-0.2, 0) is 0 Å². The van der Waals surface area contributed by atoms with Crippen LogP contribution in [0.3, 0.4) is 0 Å². The molecule has 1 aliphatic carbocycles. The minimum absolute atomic E-state index is 0.0211. The molecule has 2 N–H and O–H groups in total. The third-order valence-corrected chi connectivity index (χ3v) is 3.69. The molecule has 4 nitrogen and oxygen atoms in total. The summed E-state index contributed by atoms with van der Waals surface area (Å²) in [6.07, 6.45) is 1.02. The molecule has 3 rings (SSSR count). The Labute approximate surface area is 112 Å². The molecular formula is C15H17N3O. The predicted molar refractivity (Wildman–Crippen MR) is 73.1 cm³/mol. The number of hydrogen-bond acceptors (Lipinski definition) is 2. The number of aromatic nitrogens is 2. The summed E-state index contributed by atoms with van der Waals surface area (Å²) < 4.78 is 0. The molecule has 0 spiro atoms. The molecular weight excluding hydrogens is 238 g/mol. The van der Waals surface area contributed by atoms with Crippen molar-refractivity contribution in [3.63, 3.8) is 0 Å². The van der Waals surface area contributed by atoms with E-state index in [4.69, 9.17) is 0 Å². The average molecular weight is 255 g/mol. The van der Waals surface area contributed by atoms with Crippen molar-refractivity contribution in [3.8, 4) is 0 Å². The molecule has 2 aromatic rings. The molecule has 19 heavy (non-hydrogen) atoms. The van der Waals surface area contributed by atoms with Gasteiger partial charge in [-0.15, -0.1) is 0 Å². The van der Waals surface area contributed by atoms with E-state index in [0.717, 1.165) is 17.8 Å². The Balaban J connectivity index is 1.67. The number of hydrogen-bond donors (Lipinski definition) is 2. The molecule has 2 atom stereocenters. The van der Waals surface area contributed by atoms with Gasteiger partial charge in [-0.2, -0.15) is 5.10 Å². The van der Waals surface area contributed by atoms with Gasteiger partial charge in [-0.3, -0.25) is 9.89 Å². The van der Waals surface area contributed by atoms with E-state index in [0.29, 0.717) is 11.5 Å². The number of rotatable bonds is 3. The molecule has 1 amide bonds. The first kappa shape index (κ1) is 12.0. The maximum atomic E-state index is 12.2. The zero-order valence-electron chi connectivity index (χ0n) is 11.1. The highest BCUT2D eigenvalue weighted by Crippen LogP contribution is 2.40. The van der Waals surface area contributed by atoms with Crippen molar-refractivity contribution in [2.45, 2.75) is 32.2 Å². The third-order valence-electron chi connectivity index (χ3n) is 3.69. The van der Waals surface area contributed by atoms with E-state index >= 15 is 0 Å². The predicted octanol–water partition coefficient (Wildman–Crippen LogP) is 2.31. The maximum absolute atomic E-state index is 12.2. The molecule has 1 saturated carbocycles. The molecule has 1 heterocycles. The normalized spacial score (nSPS) is 21.2. The van der Waals surface area contributed by atoms with Crippen LogP contribution in [0.4, 0.5) is 0 Å². The molecule has 4 heteroatoms. The number of H-pyrrole nitrogens is 1. The highest BCUT2D eigenvalue weighted by Gasteiger charge is 2.39.